The minimum absolute atomic E-state index is 0.271. The van der Waals surface area contributed by atoms with Crippen LogP contribution < -0.4 is 10.6 Å². The maximum Gasteiger partial charge on any atom is 0.418 e. The van der Waals surface area contributed by atoms with Crippen molar-refractivity contribution in [3.63, 3.8) is 0 Å². The summed E-state index contributed by atoms with van der Waals surface area (Å²) in [6.07, 6.45) is -4.09. The minimum Gasteiger partial charge on any atom is -0.440 e. The van der Waals surface area contributed by atoms with Gasteiger partial charge in [0.1, 0.15) is 0 Å². The number of carbonyl (C=O) groups excluding carboxylic acids is 3. The Hall–Kier alpha value is -3.60. The molecular formula is C25H27F3N4O4. The molecular weight excluding hydrogens is 477 g/mol. The quantitative estimate of drug-likeness (QED) is 0.267. The number of benzene rings is 2. The van der Waals surface area contributed by atoms with Crippen molar-refractivity contribution < 1.29 is 32.3 Å². The molecule has 2 heterocycles. The lowest BCUT2D eigenvalue weighted by molar-refractivity contribution is -0.148. The lowest BCUT2D eigenvalue weighted by Crippen LogP contribution is -2.55. The van der Waals surface area contributed by atoms with Gasteiger partial charge in [-0.15, -0.1) is 0 Å². The van der Waals surface area contributed by atoms with E-state index >= 15 is 0 Å². The van der Waals surface area contributed by atoms with Gasteiger partial charge in [-0.25, -0.2) is 0 Å². The fourth-order valence-corrected chi connectivity index (χ4v) is 4.61. The number of amides is 2. The number of imide groups is 1. The molecule has 1 saturated heterocycles. The molecule has 4 rings (SSSR count). The van der Waals surface area contributed by atoms with E-state index in [1.165, 1.54) is 24.0 Å². The second-order valence-corrected chi connectivity index (χ2v) is 8.84. The second kappa shape index (κ2) is 10.2. The topological polar surface area (TPSA) is 96.2 Å². The van der Waals surface area contributed by atoms with E-state index < -0.39 is 23.9 Å². The van der Waals surface area contributed by atoms with Crippen LogP contribution in [0.2, 0.25) is 0 Å². The number of halogens is 3. The van der Waals surface area contributed by atoms with E-state index in [4.69, 9.17) is 10.5 Å². The van der Waals surface area contributed by atoms with Crippen LogP contribution >= 0.6 is 0 Å². The number of carbonyl (C=O) groups is 3. The van der Waals surface area contributed by atoms with Gasteiger partial charge >= 0.3 is 12.1 Å². The lowest BCUT2D eigenvalue weighted by atomic mass is 10.1. The normalized spacial score (nSPS) is 18.5. The molecule has 0 spiro atoms. The Bertz CT molecular complexity index is 1140. The van der Waals surface area contributed by atoms with E-state index in [1.807, 2.05) is 0 Å². The maximum atomic E-state index is 13.3. The Morgan fingerprint density at radius 2 is 1.67 bits per heavy atom. The van der Waals surface area contributed by atoms with Gasteiger partial charge in [0.25, 0.3) is 11.8 Å². The Morgan fingerprint density at radius 1 is 1.03 bits per heavy atom. The van der Waals surface area contributed by atoms with Gasteiger partial charge in [-0.2, -0.15) is 13.2 Å². The average Bonchev–Trinajstić information content (AvgIpc) is 3.06. The maximum absolute atomic E-state index is 13.3. The van der Waals surface area contributed by atoms with E-state index in [0.29, 0.717) is 56.7 Å². The number of alkyl halides is 3. The largest absolute Gasteiger partial charge is 0.440 e. The van der Waals surface area contributed by atoms with E-state index in [-0.39, 0.29) is 23.2 Å². The molecule has 1 fully saturated rings. The molecule has 0 aliphatic carbocycles. The summed E-state index contributed by atoms with van der Waals surface area (Å²) in [5, 5.41) is 0. The summed E-state index contributed by atoms with van der Waals surface area (Å²) in [7, 11) is 0. The van der Waals surface area contributed by atoms with Crippen molar-refractivity contribution in [3.05, 3.63) is 59.2 Å². The molecule has 2 aromatic carbocycles. The molecule has 0 bridgehead atoms. The van der Waals surface area contributed by atoms with Crippen molar-refractivity contribution >= 4 is 29.2 Å². The summed E-state index contributed by atoms with van der Waals surface area (Å²) in [6.45, 7) is 3.35. The molecule has 1 unspecified atom stereocenters. The molecule has 2 aliphatic rings. The Kier molecular flexibility index (Phi) is 7.21. The molecule has 2 amide bonds. The predicted octanol–water partition coefficient (Wildman–Crippen LogP) is 3.38. The standard InChI is InChI=1S/C25H27F3N4O4/c1-16(33)36-22-15-30(12-13-31(22)17-8-9-21(29)20(14-17)25(26,27)28)10-4-5-11-32-23(34)18-6-2-3-7-19(18)24(32)35/h2-3,6-9,14,22H,4-5,10-13,15,29H2,1H3. The molecule has 0 radical (unpaired) electrons. The molecule has 0 aromatic heterocycles. The Morgan fingerprint density at radius 3 is 2.28 bits per heavy atom. The van der Waals surface area contributed by atoms with E-state index in [0.717, 1.165) is 6.07 Å². The third kappa shape index (κ3) is 5.30. The van der Waals surface area contributed by atoms with Gasteiger partial charge in [-0.3, -0.25) is 24.2 Å². The molecule has 2 N–H and O–H groups in total. The highest BCUT2D eigenvalue weighted by atomic mass is 19.4. The van der Waals surface area contributed by atoms with E-state index in [9.17, 15) is 27.6 Å². The van der Waals surface area contributed by atoms with Crippen LogP contribution in [0.15, 0.2) is 42.5 Å². The van der Waals surface area contributed by atoms with Crippen molar-refractivity contribution in [2.24, 2.45) is 0 Å². The van der Waals surface area contributed by atoms with Gasteiger partial charge in [0, 0.05) is 37.9 Å². The monoisotopic (exact) mass is 504 g/mol. The number of rotatable bonds is 7. The third-order valence-electron chi connectivity index (χ3n) is 6.38. The molecule has 192 valence electrons. The number of esters is 1. The van der Waals surface area contributed by atoms with Crippen molar-refractivity contribution in [1.29, 1.82) is 0 Å². The van der Waals surface area contributed by atoms with Gasteiger partial charge in [-0.1, -0.05) is 12.1 Å². The smallest absolute Gasteiger partial charge is 0.418 e. The molecule has 11 heteroatoms. The zero-order chi connectivity index (χ0) is 26.0. The van der Waals surface area contributed by atoms with Crippen LogP contribution in [0.25, 0.3) is 0 Å². The summed E-state index contributed by atoms with van der Waals surface area (Å²) in [4.78, 5) is 41.6. The van der Waals surface area contributed by atoms with Gasteiger partial charge in [-0.05, 0) is 49.7 Å². The minimum atomic E-state index is -4.60. The third-order valence-corrected chi connectivity index (χ3v) is 6.38. The highest BCUT2D eigenvalue weighted by Crippen LogP contribution is 2.36. The number of hydrogen-bond acceptors (Lipinski definition) is 7. The summed E-state index contributed by atoms with van der Waals surface area (Å²) in [5.74, 6) is -1.12. The Balaban J connectivity index is 1.35. The van der Waals surface area contributed by atoms with Crippen LogP contribution in [-0.4, -0.2) is 66.5 Å². The lowest BCUT2D eigenvalue weighted by Gasteiger charge is -2.42. The number of piperazine rings is 1. The molecule has 2 aromatic rings. The average molecular weight is 505 g/mol. The molecule has 36 heavy (non-hydrogen) atoms. The van der Waals surface area contributed by atoms with Crippen molar-refractivity contribution in [1.82, 2.24) is 9.80 Å². The second-order valence-electron chi connectivity index (χ2n) is 8.84. The van der Waals surface area contributed by atoms with Crippen LogP contribution in [0, 0.1) is 0 Å². The SMILES string of the molecule is CC(=O)OC1CN(CCCCN2C(=O)c3ccccc3C2=O)CCN1c1ccc(N)c(C(F)(F)F)c1. The molecule has 1 atom stereocenters. The van der Waals surface area contributed by atoms with Crippen LogP contribution in [-0.2, 0) is 15.7 Å². The number of nitrogens with two attached hydrogens (primary N) is 1. The molecule has 0 saturated carbocycles. The predicted molar refractivity (Wildman–Crippen MR) is 126 cm³/mol. The van der Waals surface area contributed by atoms with Crippen LogP contribution in [0.1, 0.15) is 46.0 Å². The molecule has 2 aliphatic heterocycles. The number of nitrogens with zero attached hydrogens (tertiary/aromatic N) is 3. The van der Waals surface area contributed by atoms with Crippen LogP contribution in [0.5, 0.6) is 0 Å². The highest BCUT2D eigenvalue weighted by molar-refractivity contribution is 6.21. The summed E-state index contributed by atoms with van der Waals surface area (Å²) < 4.78 is 45.4. The Labute approximate surface area is 206 Å². The summed E-state index contributed by atoms with van der Waals surface area (Å²) in [5.41, 5.74) is 5.32. The summed E-state index contributed by atoms with van der Waals surface area (Å²) >= 11 is 0. The van der Waals surface area contributed by atoms with Gasteiger partial charge in [0.15, 0.2) is 6.23 Å². The van der Waals surface area contributed by atoms with E-state index in [1.54, 1.807) is 29.2 Å². The first kappa shape index (κ1) is 25.5. The van der Waals surface area contributed by atoms with Gasteiger partial charge in [0.2, 0.25) is 0 Å². The summed E-state index contributed by atoms with van der Waals surface area (Å²) in [6, 6.07) is 10.4. The molecule has 8 nitrogen and oxygen atoms in total. The zero-order valence-electron chi connectivity index (χ0n) is 19.8. The first-order valence-electron chi connectivity index (χ1n) is 11.6. The van der Waals surface area contributed by atoms with Gasteiger partial charge in [0.05, 0.1) is 23.2 Å². The van der Waals surface area contributed by atoms with Crippen LogP contribution in [0.3, 0.4) is 0 Å². The zero-order valence-corrected chi connectivity index (χ0v) is 19.8. The van der Waals surface area contributed by atoms with Crippen LogP contribution in [0.4, 0.5) is 24.5 Å². The first-order chi connectivity index (χ1) is 17.1. The van der Waals surface area contributed by atoms with Crippen molar-refractivity contribution in [3.8, 4) is 0 Å². The fourth-order valence-electron chi connectivity index (χ4n) is 4.61. The number of unbranched alkanes of at least 4 members (excludes halogenated alkanes) is 1. The van der Waals surface area contributed by atoms with E-state index in [2.05, 4.69) is 4.90 Å². The number of anilines is 2. The highest BCUT2D eigenvalue weighted by Gasteiger charge is 2.36. The van der Waals surface area contributed by atoms with Gasteiger partial charge < -0.3 is 15.4 Å². The number of nitrogen functional groups attached to an aromatic ring is 1. The fraction of sp³-hybridized carbons (Fsp3) is 0.400. The van der Waals surface area contributed by atoms with Crippen molar-refractivity contribution in [2.45, 2.75) is 32.2 Å². The number of ether oxygens (including phenoxy) is 1. The first-order valence-corrected chi connectivity index (χ1v) is 11.6. The number of fused-ring (bicyclic) bond motifs is 1. The van der Waals surface area contributed by atoms with Crippen molar-refractivity contribution in [2.75, 3.05) is 43.4 Å². The number of hydrogen-bond donors (Lipinski definition) is 1.